The minimum atomic E-state index is -1.17. The van der Waals surface area contributed by atoms with Crippen molar-refractivity contribution >= 4 is 23.7 Å². The average molecular weight is 422 g/mol. The van der Waals surface area contributed by atoms with Gasteiger partial charge in [0.15, 0.2) is 6.61 Å². The Morgan fingerprint density at radius 1 is 0.903 bits per heavy atom. The van der Waals surface area contributed by atoms with Gasteiger partial charge in [0.25, 0.3) is 17.7 Å². The fourth-order valence-corrected chi connectivity index (χ4v) is 3.60. The number of amides is 3. The van der Waals surface area contributed by atoms with Crippen molar-refractivity contribution in [2.75, 3.05) is 6.61 Å². The molecule has 3 rings (SSSR count). The van der Waals surface area contributed by atoms with Gasteiger partial charge in [-0.15, -0.1) is 0 Å². The van der Waals surface area contributed by atoms with Crippen LogP contribution in [0.15, 0.2) is 54.6 Å². The molecule has 31 heavy (non-hydrogen) atoms. The van der Waals surface area contributed by atoms with Crippen LogP contribution in [-0.2, 0) is 20.7 Å². The van der Waals surface area contributed by atoms with Crippen molar-refractivity contribution in [1.82, 2.24) is 10.2 Å². The largest absolute Gasteiger partial charge is 0.454 e. The second-order valence-electron chi connectivity index (χ2n) is 7.42. The van der Waals surface area contributed by atoms with Gasteiger partial charge in [-0.3, -0.25) is 19.3 Å². The second-order valence-corrected chi connectivity index (χ2v) is 7.42. The van der Waals surface area contributed by atoms with E-state index in [1.807, 2.05) is 32.0 Å². The van der Waals surface area contributed by atoms with Gasteiger partial charge in [0.05, 0.1) is 11.1 Å². The number of benzene rings is 2. The van der Waals surface area contributed by atoms with Gasteiger partial charge < -0.3 is 10.1 Å². The van der Waals surface area contributed by atoms with Gasteiger partial charge in [0.2, 0.25) is 0 Å². The molecule has 0 radical (unpaired) electrons. The van der Waals surface area contributed by atoms with E-state index in [9.17, 15) is 19.2 Å². The van der Waals surface area contributed by atoms with Crippen molar-refractivity contribution in [3.8, 4) is 0 Å². The van der Waals surface area contributed by atoms with Crippen molar-refractivity contribution in [3.63, 3.8) is 0 Å². The molecule has 2 aromatic rings. The fourth-order valence-electron chi connectivity index (χ4n) is 3.60. The number of rotatable bonds is 9. The molecule has 1 heterocycles. The smallest absolute Gasteiger partial charge is 0.330 e. The van der Waals surface area contributed by atoms with Crippen LogP contribution in [-0.4, -0.2) is 47.3 Å². The predicted molar refractivity (Wildman–Crippen MR) is 114 cm³/mol. The SMILES string of the molecule is CCC(CC)NC(=O)COC(=O)[C@H](Cc1ccccc1)N1C(=O)c2ccccc2C1=O. The number of hydrogen-bond acceptors (Lipinski definition) is 5. The van der Waals surface area contributed by atoms with Gasteiger partial charge in [0.1, 0.15) is 6.04 Å². The van der Waals surface area contributed by atoms with E-state index in [4.69, 9.17) is 4.74 Å². The van der Waals surface area contributed by atoms with Crippen molar-refractivity contribution in [2.45, 2.75) is 45.2 Å². The quantitative estimate of drug-likeness (QED) is 0.496. The minimum absolute atomic E-state index is 0.00237. The van der Waals surface area contributed by atoms with Crippen molar-refractivity contribution < 1.29 is 23.9 Å². The number of carbonyl (C=O) groups excluding carboxylic acids is 4. The molecular formula is C24H26N2O5. The maximum Gasteiger partial charge on any atom is 0.330 e. The number of nitrogens with zero attached hydrogens (tertiary/aromatic N) is 1. The zero-order chi connectivity index (χ0) is 22.4. The predicted octanol–water partition coefficient (Wildman–Crippen LogP) is 2.74. The summed E-state index contributed by atoms with van der Waals surface area (Å²) in [7, 11) is 0. The molecule has 2 aromatic carbocycles. The summed E-state index contributed by atoms with van der Waals surface area (Å²) in [5, 5.41) is 2.80. The summed E-state index contributed by atoms with van der Waals surface area (Å²) in [5.74, 6) is -2.29. The van der Waals surface area contributed by atoms with Crippen LogP contribution in [0.1, 0.15) is 53.0 Å². The molecule has 162 valence electrons. The van der Waals surface area contributed by atoms with E-state index in [0.717, 1.165) is 23.3 Å². The van der Waals surface area contributed by atoms with Crippen LogP contribution >= 0.6 is 0 Å². The van der Waals surface area contributed by atoms with Crippen molar-refractivity contribution in [2.24, 2.45) is 0 Å². The summed E-state index contributed by atoms with van der Waals surface area (Å²) in [5.41, 5.74) is 1.28. The molecule has 0 saturated carbocycles. The molecule has 7 heteroatoms. The topological polar surface area (TPSA) is 92.8 Å². The van der Waals surface area contributed by atoms with Crippen LogP contribution in [0.2, 0.25) is 0 Å². The number of fused-ring (bicyclic) bond motifs is 1. The van der Waals surface area contributed by atoms with Gasteiger partial charge >= 0.3 is 5.97 Å². The first-order valence-corrected chi connectivity index (χ1v) is 10.4. The molecule has 3 amide bonds. The van der Waals surface area contributed by atoms with E-state index in [1.165, 1.54) is 0 Å². The van der Waals surface area contributed by atoms with Crippen LogP contribution in [0, 0.1) is 0 Å². The highest BCUT2D eigenvalue weighted by Gasteiger charge is 2.43. The molecule has 0 aliphatic carbocycles. The minimum Gasteiger partial charge on any atom is -0.454 e. The average Bonchev–Trinajstić information content (AvgIpc) is 3.05. The lowest BCUT2D eigenvalue weighted by Crippen LogP contribution is -2.48. The third-order valence-corrected chi connectivity index (χ3v) is 5.38. The first-order valence-electron chi connectivity index (χ1n) is 10.4. The van der Waals surface area contributed by atoms with Gasteiger partial charge in [-0.25, -0.2) is 4.79 Å². The number of esters is 1. The number of ether oxygens (including phenoxy) is 1. The second kappa shape index (κ2) is 10.0. The lowest BCUT2D eigenvalue weighted by atomic mass is 10.0. The number of imide groups is 1. The molecule has 1 aliphatic rings. The van der Waals surface area contributed by atoms with E-state index >= 15 is 0 Å². The summed E-state index contributed by atoms with van der Waals surface area (Å²) in [4.78, 5) is 51.9. The Morgan fingerprint density at radius 2 is 1.45 bits per heavy atom. The van der Waals surface area contributed by atoms with E-state index < -0.39 is 36.3 Å². The summed E-state index contributed by atoms with van der Waals surface area (Å²) >= 11 is 0. The Labute approximate surface area is 181 Å². The molecule has 0 unspecified atom stereocenters. The molecule has 1 atom stereocenters. The maximum atomic E-state index is 13.0. The first-order chi connectivity index (χ1) is 15.0. The highest BCUT2D eigenvalue weighted by atomic mass is 16.5. The highest BCUT2D eigenvalue weighted by Crippen LogP contribution is 2.26. The van der Waals surface area contributed by atoms with E-state index in [0.29, 0.717) is 0 Å². The zero-order valence-electron chi connectivity index (χ0n) is 17.7. The number of nitrogens with one attached hydrogen (secondary N) is 1. The van der Waals surface area contributed by atoms with Gasteiger partial charge in [0, 0.05) is 12.5 Å². The summed E-state index contributed by atoms with van der Waals surface area (Å²) in [6, 6.07) is 14.3. The van der Waals surface area contributed by atoms with Crippen molar-refractivity contribution in [1.29, 1.82) is 0 Å². The molecule has 0 bridgehead atoms. The molecule has 0 spiro atoms. The monoisotopic (exact) mass is 422 g/mol. The Kier molecular flexibility index (Phi) is 7.18. The summed E-state index contributed by atoms with van der Waals surface area (Å²) in [6.45, 7) is 3.45. The molecule has 7 nitrogen and oxygen atoms in total. The maximum absolute atomic E-state index is 13.0. The lowest BCUT2D eigenvalue weighted by molar-refractivity contribution is -0.152. The Balaban J connectivity index is 1.79. The third kappa shape index (κ3) is 4.99. The standard InChI is InChI=1S/C24H26N2O5/c1-3-17(4-2)25-21(27)15-31-24(30)20(14-16-10-6-5-7-11-16)26-22(28)18-12-8-9-13-19(18)23(26)29/h5-13,17,20H,3-4,14-15H2,1-2H3,(H,25,27)/t20-/m0/s1. The fraction of sp³-hybridized carbons (Fsp3) is 0.333. The lowest BCUT2D eigenvalue weighted by Gasteiger charge is -2.25. The molecule has 0 saturated heterocycles. The Morgan fingerprint density at radius 3 is 2.00 bits per heavy atom. The van der Waals surface area contributed by atoms with E-state index in [1.54, 1.807) is 36.4 Å². The molecular weight excluding hydrogens is 396 g/mol. The summed E-state index contributed by atoms with van der Waals surface area (Å²) in [6.07, 6.45) is 1.63. The molecule has 0 fully saturated rings. The Hall–Kier alpha value is -3.48. The summed E-state index contributed by atoms with van der Waals surface area (Å²) < 4.78 is 5.24. The highest BCUT2D eigenvalue weighted by molar-refractivity contribution is 6.22. The van der Waals surface area contributed by atoms with Crippen LogP contribution in [0.3, 0.4) is 0 Å². The van der Waals surface area contributed by atoms with Crippen LogP contribution in [0.25, 0.3) is 0 Å². The first kappa shape index (κ1) is 22.2. The number of hydrogen-bond donors (Lipinski definition) is 1. The van der Waals surface area contributed by atoms with Gasteiger partial charge in [-0.2, -0.15) is 0 Å². The normalized spacial score (nSPS) is 13.8. The van der Waals surface area contributed by atoms with E-state index in [-0.39, 0.29) is 23.6 Å². The molecule has 1 aliphatic heterocycles. The third-order valence-electron chi connectivity index (χ3n) is 5.38. The van der Waals surface area contributed by atoms with Crippen LogP contribution < -0.4 is 5.32 Å². The molecule has 1 N–H and O–H groups in total. The van der Waals surface area contributed by atoms with Crippen molar-refractivity contribution in [3.05, 3.63) is 71.3 Å². The molecule has 0 aromatic heterocycles. The van der Waals surface area contributed by atoms with E-state index in [2.05, 4.69) is 5.32 Å². The van der Waals surface area contributed by atoms with Crippen LogP contribution in [0.5, 0.6) is 0 Å². The van der Waals surface area contributed by atoms with Crippen LogP contribution in [0.4, 0.5) is 0 Å². The Bertz CT molecular complexity index is 934. The number of carbonyl (C=O) groups is 4. The zero-order valence-corrected chi connectivity index (χ0v) is 17.7. The van der Waals surface area contributed by atoms with Gasteiger partial charge in [-0.1, -0.05) is 56.3 Å². The van der Waals surface area contributed by atoms with Gasteiger partial charge in [-0.05, 0) is 30.5 Å².